The Balaban J connectivity index is 2.54. The lowest BCUT2D eigenvalue weighted by Gasteiger charge is -2.05. The number of hydrogen-bond acceptors (Lipinski definition) is 3. The zero-order valence-corrected chi connectivity index (χ0v) is 11.0. The van der Waals surface area contributed by atoms with E-state index in [9.17, 15) is 0 Å². The first-order valence-electron chi connectivity index (χ1n) is 4.84. The van der Waals surface area contributed by atoms with Gasteiger partial charge in [0.15, 0.2) is 5.82 Å². The molecule has 16 heavy (non-hydrogen) atoms. The SMILES string of the molecule is CCc1cccnc1-c1ncc(Br)c(Cl)n1. The van der Waals surface area contributed by atoms with Gasteiger partial charge in [0.05, 0.1) is 4.47 Å². The molecule has 0 aromatic carbocycles. The van der Waals surface area contributed by atoms with Gasteiger partial charge in [-0.2, -0.15) is 0 Å². The van der Waals surface area contributed by atoms with Gasteiger partial charge >= 0.3 is 0 Å². The number of hydrogen-bond donors (Lipinski definition) is 0. The van der Waals surface area contributed by atoms with E-state index in [1.165, 1.54) is 0 Å². The highest BCUT2D eigenvalue weighted by molar-refractivity contribution is 9.10. The van der Waals surface area contributed by atoms with Crippen LogP contribution in [0.25, 0.3) is 11.5 Å². The van der Waals surface area contributed by atoms with E-state index in [1.54, 1.807) is 12.4 Å². The Bertz CT molecular complexity index is 516. The first-order valence-corrected chi connectivity index (χ1v) is 6.01. The number of nitrogens with zero attached hydrogens (tertiary/aromatic N) is 3. The maximum absolute atomic E-state index is 5.93. The van der Waals surface area contributed by atoms with Crippen molar-refractivity contribution < 1.29 is 0 Å². The Morgan fingerprint density at radius 3 is 2.88 bits per heavy atom. The Labute approximate surface area is 107 Å². The third kappa shape index (κ3) is 2.23. The fourth-order valence-electron chi connectivity index (χ4n) is 1.39. The van der Waals surface area contributed by atoms with Gasteiger partial charge in [-0.15, -0.1) is 0 Å². The maximum atomic E-state index is 5.93. The number of rotatable bonds is 2. The van der Waals surface area contributed by atoms with Gasteiger partial charge < -0.3 is 0 Å². The number of aryl methyl sites for hydroxylation is 1. The van der Waals surface area contributed by atoms with Crippen LogP contribution in [-0.4, -0.2) is 15.0 Å². The summed E-state index contributed by atoms with van der Waals surface area (Å²) in [6.07, 6.45) is 4.26. The summed E-state index contributed by atoms with van der Waals surface area (Å²) in [5, 5.41) is 0.401. The first kappa shape index (κ1) is 11.5. The standard InChI is InChI=1S/C11H9BrClN3/c1-2-7-4-3-5-14-9(7)11-15-6-8(12)10(13)16-11/h3-6H,2H2,1H3. The van der Waals surface area contributed by atoms with Gasteiger partial charge in [0.25, 0.3) is 0 Å². The lowest BCUT2D eigenvalue weighted by atomic mass is 10.1. The van der Waals surface area contributed by atoms with Crippen LogP contribution in [0.2, 0.25) is 5.15 Å². The molecule has 0 spiro atoms. The lowest BCUT2D eigenvalue weighted by Crippen LogP contribution is -1.96. The maximum Gasteiger partial charge on any atom is 0.179 e. The van der Waals surface area contributed by atoms with Crippen molar-refractivity contribution >= 4 is 27.5 Å². The summed E-state index contributed by atoms with van der Waals surface area (Å²) < 4.78 is 0.687. The molecule has 82 valence electrons. The summed E-state index contributed by atoms with van der Waals surface area (Å²) in [6.45, 7) is 2.07. The minimum absolute atomic E-state index is 0.401. The predicted molar refractivity (Wildman–Crippen MR) is 67.4 cm³/mol. The van der Waals surface area contributed by atoms with Crippen LogP contribution in [0.4, 0.5) is 0 Å². The first-order chi connectivity index (χ1) is 7.72. The molecule has 0 radical (unpaired) electrons. The monoisotopic (exact) mass is 297 g/mol. The van der Waals surface area contributed by atoms with Crippen molar-refractivity contribution in [1.29, 1.82) is 0 Å². The fourth-order valence-corrected chi connectivity index (χ4v) is 1.71. The van der Waals surface area contributed by atoms with E-state index in [0.717, 1.165) is 17.7 Å². The minimum Gasteiger partial charge on any atom is -0.253 e. The van der Waals surface area contributed by atoms with Gasteiger partial charge in [0.1, 0.15) is 10.8 Å². The summed E-state index contributed by atoms with van der Waals surface area (Å²) >= 11 is 9.19. The highest BCUT2D eigenvalue weighted by Gasteiger charge is 2.09. The molecule has 0 saturated heterocycles. The Hall–Kier alpha value is -1.000. The Kier molecular flexibility index (Phi) is 3.51. The largest absolute Gasteiger partial charge is 0.253 e. The van der Waals surface area contributed by atoms with Gasteiger partial charge in [-0.05, 0) is 34.0 Å². The molecule has 0 fully saturated rings. The molecule has 0 aliphatic carbocycles. The van der Waals surface area contributed by atoms with Gasteiger partial charge in [0.2, 0.25) is 0 Å². The molecule has 0 aliphatic heterocycles. The zero-order valence-electron chi connectivity index (χ0n) is 8.61. The molecule has 0 saturated carbocycles. The van der Waals surface area contributed by atoms with E-state index in [4.69, 9.17) is 11.6 Å². The summed E-state index contributed by atoms with van der Waals surface area (Å²) in [7, 11) is 0. The third-order valence-electron chi connectivity index (χ3n) is 2.19. The fraction of sp³-hybridized carbons (Fsp3) is 0.182. The quantitative estimate of drug-likeness (QED) is 0.796. The number of halogens is 2. The van der Waals surface area contributed by atoms with Crippen molar-refractivity contribution in [3.63, 3.8) is 0 Å². The van der Waals surface area contributed by atoms with E-state index < -0.39 is 0 Å². The highest BCUT2D eigenvalue weighted by Crippen LogP contribution is 2.23. The summed E-state index contributed by atoms with van der Waals surface area (Å²) in [6, 6.07) is 3.92. The zero-order chi connectivity index (χ0) is 11.5. The molecule has 0 unspecified atom stereocenters. The molecule has 0 aliphatic rings. The minimum atomic E-state index is 0.401. The Morgan fingerprint density at radius 2 is 2.19 bits per heavy atom. The average molecular weight is 299 g/mol. The second-order valence-corrected chi connectivity index (χ2v) is 4.41. The molecule has 2 aromatic rings. The van der Waals surface area contributed by atoms with Crippen LogP contribution in [-0.2, 0) is 6.42 Å². The molecular formula is C11H9BrClN3. The van der Waals surface area contributed by atoms with E-state index in [1.807, 2.05) is 12.1 Å². The van der Waals surface area contributed by atoms with E-state index in [0.29, 0.717) is 15.5 Å². The normalized spacial score (nSPS) is 10.4. The second kappa shape index (κ2) is 4.89. The lowest BCUT2D eigenvalue weighted by molar-refractivity contribution is 1.06. The molecule has 5 heteroatoms. The molecule has 0 amide bonds. The molecule has 3 nitrogen and oxygen atoms in total. The van der Waals surface area contributed by atoms with Crippen molar-refractivity contribution in [2.75, 3.05) is 0 Å². The van der Waals surface area contributed by atoms with Crippen LogP contribution in [0.3, 0.4) is 0 Å². The molecule has 0 atom stereocenters. The van der Waals surface area contributed by atoms with Crippen LogP contribution in [0, 0.1) is 0 Å². The van der Waals surface area contributed by atoms with Gasteiger partial charge in [-0.3, -0.25) is 4.98 Å². The second-order valence-electron chi connectivity index (χ2n) is 3.20. The van der Waals surface area contributed by atoms with Crippen molar-refractivity contribution in [3.05, 3.63) is 39.7 Å². The molecule has 0 N–H and O–H groups in total. The van der Waals surface area contributed by atoms with Crippen molar-refractivity contribution in [1.82, 2.24) is 15.0 Å². The van der Waals surface area contributed by atoms with E-state index in [2.05, 4.69) is 37.8 Å². The van der Waals surface area contributed by atoms with Crippen molar-refractivity contribution in [2.45, 2.75) is 13.3 Å². The van der Waals surface area contributed by atoms with Crippen LogP contribution < -0.4 is 0 Å². The van der Waals surface area contributed by atoms with E-state index in [-0.39, 0.29) is 0 Å². The van der Waals surface area contributed by atoms with Crippen LogP contribution >= 0.6 is 27.5 Å². The van der Waals surface area contributed by atoms with Crippen LogP contribution in [0.15, 0.2) is 29.0 Å². The van der Waals surface area contributed by atoms with Crippen molar-refractivity contribution in [2.24, 2.45) is 0 Å². The molecule has 2 heterocycles. The summed E-state index contributed by atoms with van der Waals surface area (Å²) in [5.41, 5.74) is 1.90. The van der Waals surface area contributed by atoms with Gasteiger partial charge in [-0.25, -0.2) is 9.97 Å². The van der Waals surface area contributed by atoms with Crippen LogP contribution in [0.5, 0.6) is 0 Å². The van der Waals surface area contributed by atoms with Gasteiger partial charge in [0, 0.05) is 12.4 Å². The van der Waals surface area contributed by atoms with Crippen molar-refractivity contribution in [3.8, 4) is 11.5 Å². The van der Waals surface area contributed by atoms with Gasteiger partial charge in [-0.1, -0.05) is 24.6 Å². The topological polar surface area (TPSA) is 38.7 Å². The molecule has 2 rings (SSSR count). The average Bonchev–Trinajstić information content (AvgIpc) is 2.32. The molecule has 0 bridgehead atoms. The van der Waals surface area contributed by atoms with Crippen LogP contribution in [0.1, 0.15) is 12.5 Å². The predicted octanol–water partition coefficient (Wildman–Crippen LogP) is 3.52. The number of pyridine rings is 1. The summed E-state index contributed by atoms with van der Waals surface area (Å²) in [4.78, 5) is 12.7. The number of aromatic nitrogens is 3. The smallest absolute Gasteiger partial charge is 0.179 e. The van der Waals surface area contributed by atoms with E-state index >= 15 is 0 Å². The molecule has 2 aromatic heterocycles. The highest BCUT2D eigenvalue weighted by atomic mass is 79.9. The third-order valence-corrected chi connectivity index (χ3v) is 3.28. The Morgan fingerprint density at radius 1 is 1.38 bits per heavy atom. The summed E-state index contributed by atoms with van der Waals surface area (Å²) in [5.74, 6) is 0.561. The molecular weight excluding hydrogens is 289 g/mol.